The van der Waals surface area contributed by atoms with Gasteiger partial charge in [0, 0.05) is 53.4 Å². The van der Waals surface area contributed by atoms with Crippen LogP contribution in [0, 0.1) is 0 Å². The van der Waals surface area contributed by atoms with Crippen LogP contribution in [0.15, 0.2) is 47.5 Å². The zero-order valence-electron chi connectivity index (χ0n) is 17.4. The number of carbonyl (C=O) groups is 1. The van der Waals surface area contributed by atoms with Crippen molar-refractivity contribution in [2.75, 3.05) is 36.8 Å². The number of aryl methyl sites for hydroxylation is 1. The van der Waals surface area contributed by atoms with Gasteiger partial charge in [0.1, 0.15) is 5.82 Å². The zero-order chi connectivity index (χ0) is 21.2. The van der Waals surface area contributed by atoms with Crippen molar-refractivity contribution in [1.82, 2.24) is 14.9 Å². The van der Waals surface area contributed by atoms with E-state index in [4.69, 9.17) is 16.6 Å². The van der Waals surface area contributed by atoms with E-state index >= 15 is 0 Å². The summed E-state index contributed by atoms with van der Waals surface area (Å²) in [5.74, 6) is 1.62. The Morgan fingerprint density at radius 2 is 1.90 bits per heavy atom. The Morgan fingerprint density at radius 1 is 1.06 bits per heavy atom. The summed E-state index contributed by atoms with van der Waals surface area (Å²) in [5, 5.41) is 1.79. The van der Waals surface area contributed by atoms with Crippen LogP contribution in [0.25, 0.3) is 10.9 Å². The van der Waals surface area contributed by atoms with Crippen LogP contribution in [0.2, 0.25) is 5.02 Å². The van der Waals surface area contributed by atoms with Gasteiger partial charge in [-0.1, -0.05) is 17.7 Å². The number of nitrogens with zero attached hydrogens (tertiary/aromatic N) is 4. The van der Waals surface area contributed by atoms with Crippen LogP contribution >= 0.6 is 23.4 Å². The number of anilines is 1. The summed E-state index contributed by atoms with van der Waals surface area (Å²) < 4.78 is 0. The normalized spacial score (nSPS) is 16.4. The molecule has 3 aromatic rings. The third-order valence-corrected chi connectivity index (χ3v) is 7.50. The minimum Gasteiger partial charge on any atom is -0.353 e. The summed E-state index contributed by atoms with van der Waals surface area (Å²) in [7, 11) is 0. The van der Waals surface area contributed by atoms with Gasteiger partial charge >= 0.3 is 0 Å². The molecule has 1 aliphatic heterocycles. The number of hydrogen-bond donors (Lipinski definition) is 0. The first-order valence-electron chi connectivity index (χ1n) is 10.9. The van der Waals surface area contributed by atoms with Gasteiger partial charge < -0.3 is 9.80 Å². The van der Waals surface area contributed by atoms with Crippen molar-refractivity contribution in [1.29, 1.82) is 0 Å². The Balaban J connectivity index is 1.30. The average molecular weight is 453 g/mol. The van der Waals surface area contributed by atoms with E-state index in [0.29, 0.717) is 10.8 Å². The SMILES string of the molecule is O=C(CSc1c2c(nc3ccc(Cl)cc13)CCCC2)N1CCN(c2ccccn2)CC1. The molecule has 0 N–H and O–H groups in total. The summed E-state index contributed by atoms with van der Waals surface area (Å²) in [5.41, 5.74) is 3.49. The molecule has 1 amide bonds. The first-order chi connectivity index (χ1) is 15.2. The van der Waals surface area contributed by atoms with Gasteiger partial charge in [-0.15, -0.1) is 11.8 Å². The van der Waals surface area contributed by atoms with Gasteiger partial charge in [-0.25, -0.2) is 4.98 Å². The molecule has 2 aliphatic rings. The summed E-state index contributed by atoms with van der Waals surface area (Å²) >= 11 is 7.96. The molecule has 7 heteroatoms. The highest BCUT2D eigenvalue weighted by atomic mass is 35.5. The molecule has 0 saturated carbocycles. The molecule has 1 fully saturated rings. The molecule has 0 radical (unpaired) electrons. The molecule has 0 unspecified atom stereocenters. The van der Waals surface area contributed by atoms with E-state index < -0.39 is 0 Å². The Bertz CT molecular complexity index is 1100. The van der Waals surface area contributed by atoms with Gasteiger partial charge in [0.15, 0.2) is 0 Å². The quantitative estimate of drug-likeness (QED) is 0.541. The monoisotopic (exact) mass is 452 g/mol. The summed E-state index contributed by atoms with van der Waals surface area (Å²) in [6.45, 7) is 3.10. The van der Waals surface area contributed by atoms with Crippen molar-refractivity contribution in [3.8, 4) is 0 Å². The van der Waals surface area contributed by atoms with Crippen LogP contribution in [-0.4, -0.2) is 52.7 Å². The van der Waals surface area contributed by atoms with Gasteiger partial charge in [0.25, 0.3) is 0 Å². The van der Waals surface area contributed by atoms with E-state index in [1.807, 2.05) is 47.5 Å². The summed E-state index contributed by atoms with van der Waals surface area (Å²) in [6, 6.07) is 11.8. The van der Waals surface area contributed by atoms with E-state index in [1.165, 1.54) is 29.0 Å². The maximum Gasteiger partial charge on any atom is 0.233 e. The molecule has 1 saturated heterocycles. The lowest BCUT2D eigenvalue weighted by Gasteiger charge is -2.35. The Hall–Kier alpha value is -2.31. The Labute approximate surface area is 191 Å². The predicted octanol–water partition coefficient (Wildman–Crippen LogP) is 4.60. The standard InChI is InChI=1S/C24H25ClN4OS/c25-17-8-9-21-19(15-17)24(18-5-1-2-6-20(18)27-21)31-16-23(30)29-13-11-28(12-14-29)22-7-3-4-10-26-22/h3-4,7-10,15H,1-2,5-6,11-14,16H2. The third kappa shape index (κ3) is 4.37. The van der Waals surface area contributed by atoms with Crippen LogP contribution in [-0.2, 0) is 17.6 Å². The third-order valence-electron chi connectivity index (χ3n) is 6.12. The summed E-state index contributed by atoms with van der Waals surface area (Å²) in [6.07, 6.45) is 6.23. The van der Waals surface area contributed by atoms with Crippen LogP contribution in [0.3, 0.4) is 0 Å². The highest BCUT2D eigenvalue weighted by molar-refractivity contribution is 8.00. The molecule has 5 nitrogen and oxygen atoms in total. The fourth-order valence-electron chi connectivity index (χ4n) is 4.47. The first kappa shape index (κ1) is 20.6. The van der Waals surface area contributed by atoms with E-state index in [-0.39, 0.29) is 5.91 Å². The number of hydrogen-bond acceptors (Lipinski definition) is 5. The fourth-order valence-corrected chi connectivity index (χ4v) is 5.80. The van der Waals surface area contributed by atoms with E-state index in [0.717, 1.165) is 55.7 Å². The molecular weight excluding hydrogens is 428 g/mol. The van der Waals surface area contributed by atoms with Gasteiger partial charge in [0.05, 0.1) is 11.3 Å². The Morgan fingerprint density at radius 3 is 2.71 bits per heavy atom. The molecule has 1 aromatic carbocycles. The van der Waals surface area contributed by atoms with Crippen molar-refractivity contribution in [3.05, 3.63) is 58.9 Å². The topological polar surface area (TPSA) is 49.3 Å². The molecule has 31 heavy (non-hydrogen) atoms. The molecule has 2 aromatic heterocycles. The van der Waals surface area contributed by atoms with Gasteiger partial charge in [-0.05, 0) is 61.6 Å². The number of halogens is 1. The minimum atomic E-state index is 0.197. The van der Waals surface area contributed by atoms with Crippen LogP contribution in [0.5, 0.6) is 0 Å². The van der Waals surface area contributed by atoms with Crippen molar-refractivity contribution < 1.29 is 4.79 Å². The maximum absolute atomic E-state index is 13.0. The van der Waals surface area contributed by atoms with E-state index in [1.54, 1.807) is 11.8 Å². The van der Waals surface area contributed by atoms with Crippen LogP contribution < -0.4 is 4.90 Å². The number of fused-ring (bicyclic) bond motifs is 2. The van der Waals surface area contributed by atoms with Gasteiger partial charge in [-0.3, -0.25) is 9.78 Å². The number of piperazine rings is 1. The maximum atomic E-state index is 13.0. The number of aromatic nitrogens is 2. The van der Waals surface area contributed by atoms with Crippen molar-refractivity contribution in [3.63, 3.8) is 0 Å². The number of carbonyl (C=O) groups excluding carboxylic acids is 1. The largest absolute Gasteiger partial charge is 0.353 e. The molecule has 1 aliphatic carbocycles. The number of amides is 1. The molecule has 0 bridgehead atoms. The van der Waals surface area contributed by atoms with Gasteiger partial charge in [0.2, 0.25) is 5.91 Å². The van der Waals surface area contributed by atoms with Gasteiger partial charge in [-0.2, -0.15) is 0 Å². The minimum absolute atomic E-state index is 0.197. The number of thioether (sulfide) groups is 1. The second kappa shape index (κ2) is 9.05. The average Bonchev–Trinajstić information content (AvgIpc) is 2.82. The lowest BCUT2D eigenvalue weighted by atomic mass is 9.94. The van der Waals surface area contributed by atoms with Crippen LogP contribution in [0.1, 0.15) is 24.1 Å². The zero-order valence-corrected chi connectivity index (χ0v) is 19.0. The summed E-state index contributed by atoms with van der Waals surface area (Å²) in [4.78, 5) is 27.8. The number of rotatable bonds is 4. The molecular formula is C24H25ClN4OS. The smallest absolute Gasteiger partial charge is 0.233 e. The number of benzene rings is 1. The second-order valence-corrected chi connectivity index (χ2v) is 9.50. The lowest BCUT2D eigenvalue weighted by molar-refractivity contribution is -0.128. The highest BCUT2D eigenvalue weighted by Crippen LogP contribution is 2.37. The molecule has 5 rings (SSSR count). The van der Waals surface area contributed by atoms with Crippen molar-refractivity contribution >= 4 is 46.0 Å². The van der Waals surface area contributed by atoms with Crippen molar-refractivity contribution in [2.24, 2.45) is 0 Å². The van der Waals surface area contributed by atoms with E-state index in [2.05, 4.69) is 9.88 Å². The van der Waals surface area contributed by atoms with Crippen LogP contribution in [0.4, 0.5) is 5.82 Å². The van der Waals surface area contributed by atoms with E-state index in [9.17, 15) is 4.79 Å². The molecule has 3 heterocycles. The van der Waals surface area contributed by atoms with Crippen molar-refractivity contribution in [2.45, 2.75) is 30.6 Å². The fraction of sp³-hybridized carbons (Fsp3) is 0.375. The molecule has 0 spiro atoms. The predicted molar refractivity (Wildman–Crippen MR) is 127 cm³/mol. The second-order valence-electron chi connectivity index (χ2n) is 8.08. The Kier molecular flexibility index (Phi) is 6.01. The molecule has 160 valence electrons. The first-order valence-corrected chi connectivity index (χ1v) is 12.2. The molecule has 0 atom stereocenters. The highest BCUT2D eigenvalue weighted by Gasteiger charge is 2.24. The lowest BCUT2D eigenvalue weighted by Crippen LogP contribution is -2.49. The number of pyridine rings is 2.